The Morgan fingerprint density at radius 1 is 1.12 bits per heavy atom. The van der Waals surface area contributed by atoms with E-state index >= 15 is 0 Å². The third kappa shape index (κ3) is 1.58. The molecule has 0 saturated carbocycles. The van der Waals surface area contributed by atoms with Crippen LogP contribution >= 0.6 is 0 Å². The molecule has 0 aromatic heterocycles. The second kappa shape index (κ2) is 3.18. The highest BCUT2D eigenvalue weighted by Gasteiger charge is 2.54. The van der Waals surface area contributed by atoms with Gasteiger partial charge in [-0.1, -0.05) is 0 Å². The molecule has 0 bridgehead atoms. The lowest BCUT2D eigenvalue weighted by atomic mass is 9.78. The van der Waals surface area contributed by atoms with Gasteiger partial charge in [-0.05, 0) is 27.7 Å². The lowest BCUT2D eigenvalue weighted by Crippen LogP contribution is -2.41. The SMILES string of the molecule is CC1(C)OB(C2=CC(=O)NC2=O)OC1(C)C. The van der Waals surface area contributed by atoms with E-state index < -0.39 is 30.1 Å². The minimum Gasteiger partial charge on any atom is -0.399 e. The number of rotatable bonds is 1. The topological polar surface area (TPSA) is 64.6 Å². The second-order valence-corrected chi connectivity index (χ2v) is 5.01. The van der Waals surface area contributed by atoms with Gasteiger partial charge in [0, 0.05) is 6.08 Å². The standard InChI is InChI=1S/C10H14BNO4/c1-9(2)10(3,4)16-11(15-9)6-5-7(13)12-8(6)14/h5H,1-4H3,(H,12,13,14). The maximum Gasteiger partial charge on any atom is 0.500 e. The van der Waals surface area contributed by atoms with Gasteiger partial charge >= 0.3 is 7.12 Å². The molecule has 0 aliphatic carbocycles. The number of nitrogens with one attached hydrogen (secondary N) is 1. The van der Waals surface area contributed by atoms with E-state index in [2.05, 4.69) is 5.32 Å². The molecular weight excluding hydrogens is 209 g/mol. The van der Waals surface area contributed by atoms with Crippen LogP contribution in [0.4, 0.5) is 0 Å². The van der Waals surface area contributed by atoms with Crippen molar-refractivity contribution in [1.82, 2.24) is 5.32 Å². The molecule has 0 atom stereocenters. The van der Waals surface area contributed by atoms with E-state index in [1.54, 1.807) is 0 Å². The highest BCUT2D eigenvalue weighted by molar-refractivity contribution is 6.64. The first-order valence-electron chi connectivity index (χ1n) is 5.15. The zero-order valence-corrected chi connectivity index (χ0v) is 9.79. The summed E-state index contributed by atoms with van der Waals surface area (Å²) < 4.78 is 11.3. The molecule has 0 unspecified atom stereocenters. The molecule has 0 spiro atoms. The molecule has 1 fully saturated rings. The van der Waals surface area contributed by atoms with Crippen LogP contribution in [-0.4, -0.2) is 30.1 Å². The van der Waals surface area contributed by atoms with Gasteiger partial charge < -0.3 is 9.31 Å². The van der Waals surface area contributed by atoms with Crippen molar-refractivity contribution in [2.24, 2.45) is 0 Å². The van der Waals surface area contributed by atoms with Crippen molar-refractivity contribution in [2.45, 2.75) is 38.9 Å². The van der Waals surface area contributed by atoms with Crippen LogP contribution in [0.15, 0.2) is 11.5 Å². The highest BCUT2D eigenvalue weighted by Crippen LogP contribution is 2.38. The van der Waals surface area contributed by atoms with E-state index in [0.29, 0.717) is 0 Å². The van der Waals surface area contributed by atoms with Gasteiger partial charge in [0.1, 0.15) is 0 Å². The first-order valence-corrected chi connectivity index (χ1v) is 5.15. The number of amides is 2. The molecule has 1 saturated heterocycles. The molecule has 0 aromatic carbocycles. The molecule has 0 aromatic rings. The second-order valence-electron chi connectivity index (χ2n) is 5.01. The fourth-order valence-electron chi connectivity index (χ4n) is 1.57. The van der Waals surface area contributed by atoms with Crippen LogP contribution in [0.1, 0.15) is 27.7 Å². The Balaban J connectivity index is 2.25. The number of carbonyl (C=O) groups is 2. The summed E-state index contributed by atoms with van der Waals surface area (Å²) in [6.07, 6.45) is 1.23. The normalized spacial score (nSPS) is 27.0. The summed E-state index contributed by atoms with van der Waals surface area (Å²) in [5.74, 6) is -0.863. The molecule has 2 amide bonds. The van der Waals surface area contributed by atoms with Crippen LogP contribution < -0.4 is 5.32 Å². The first-order chi connectivity index (χ1) is 7.23. The fraction of sp³-hybridized carbons (Fsp3) is 0.600. The van der Waals surface area contributed by atoms with Gasteiger partial charge in [0.2, 0.25) is 0 Å². The third-order valence-corrected chi connectivity index (χ3v) is 3.29. The molecule has 2 aliphatic heterocycles. The van der Waals surface area contributed by atoms with E-state index in [-0.39, 0.29) is 5.47 Å². The molecule has 6 heteroatoms. The summed E-state index contributed by atoms with van der Waals surface area (Å²) in [5, 5.41) is 2.17. The molecule has 2 rings (SSSR count). The zero-order valence-electron chi connectivity index (χ0n) is 9.79. The number of carbonyl (C=O) groups excluding carboxylic acids is 2. The van der Waals surface area contributed by atoms with Crippen LogP contribution in [0.25, 0.3) is 0 Å². The average molecular weight is 223 g/mol. The quantitative estimate of drug-likeness (QED) is 0.509. The van der Waals surface area contributed by atoms with Gasteiger partial charge in [0.15, 0.2) is 0 Å². The van der Waals surface area contributed by atoms with E-state index in [4.69, 9.17) is 9.31 Å². The summed E-state index contributed by atoms with van der Waals surface area (Å²) in [4.78, 5) is 22.5. The van der Waals surface area contributed by atoms with Crippen molar-refractivity contribution in [2.75, 3.05) is 0 Å². The zero-order chi connectivity index (χ0) is 12.1. The van der Waals surface area contributed by atoms with E-state index in [1.807, 2.05) is 27.7 Å². The predicted octanol–water partition coefficient (Wildman–Crippen LogP) is 0.201. The summed E-state index contributed by atoms with van der Waals surface area (Å²) in [5.41, 5.74) is -0.780. The summed E-state index contributed by atoms with van der Waals surface area (Å²) in [6, 6.07) is 0. The number of imide groups is 1. The van der Waals surface area contributed by atoms with Crippen LogP contribution in [0.3, 0.4) is 0 Å². The summed E-state index contributed by atoms with van der Waals surface area (Å²) >= 11 is 0. The monoisotopic (exact) mass is 223 g/mol. The molecule has 0 radical (unpaired) electrons. The Bertz CT molecular complexity index is 384. The Hall–Kier alpha value is -1.14. The van der Waals surface area contributed by atoms with Gasteiger partial charge in [-0.3, -0.25) is 14.9 Å². The summed E-state index contributed by atoms with van der Waals surface area (Å²) in [7, 11) is -0.767. The van der Waals surface area contributed by atoms with Crippen molar-refractivity contribution >= 4 is 18.9 Å². The van der Waals surface area contributed by atoms with Gasteiger partial charge in [0.25, 0.3) is 11.8 Å². The Morgan fingerprint density at radius 3 is 2.00 bits per heavy atom. The molecule has 1 N–H and O–H groups in total. The maximum absolute atomic E-state index is 11.4. The van der Waals surface area contributed by atoms with Crippen molar-refractivity contribution in [3.8, 4) is 0 Å². The van der Waals surface area contributed by atoms with E-state index in [9.17, 15) is 9.59 Å². The molecule has 5 nitrogen and oxygen atoms in total. The van der Waals surface area contributed by atoms with Crippen LogP contribution in [0, 0.1) is 0 Å². The number of hydrogen-bond donors (Lipinski definition) is 1. The number of hydrogen-bond acceptors (Lipinski definition) is 4. The lowest BCUT2D eigenvalue weighted by Gasteiger charge is -2.32. The Labute approximate surface area is 94.3 Å². The average Bonchev–Trinajstić information content (AvgIpc) is 2.51. The van der Waals surface area contributed by atoms with Crippen molar-refractivity contribution in [1.29, 1.82) is 0 Å². The third-order valence-electron chi connectivity index (χ3n) is 3.29. The van der Waals surface area contributed by atoms with Gasteiger partial charge in [0.05, 0.1) is 16.7 Å². The maximum atomic E-state index is 11.4. The minimum atomic E-state index is -0.767. The molecule has 2 heterocycles. The smallest absolute Gasteiger partial charge is 0.399 e. The van der Waals surface area contributed by atoms with Crippen LogP contribution in [0.5, 0.6) is 0 Å². The van der Waals surface area contributed by atoms with Crippen molar-refractivity contribution in [3.63, 3.8) is 0 Å². The molecular formula is C10H14BNO4. The Morgan fingerprint density at radius 2 is 1.62 bits per heavy atom. The molecule has 2 aliphatic rings. The van der Waals surface area contributed by atoms with E-state index in [1.165, 1.54) is 6.08 Å². The van der Waals surface area contributed by atoms with Crippen molar-refractivity contribution < 1.29 is 18.9 Å². The summed E-state index contributed by atoms with van der Waals surface area (Å²) in [6.45, 7) is 7.56. The molecule has 86 valence electrons. The van der Waals surface area contributed by atoms with Gasteiger partial charge in [-0.2, -0.15) is 0 Å². The largest absolute Gasteiger partial charge is 0.500 e. The minimum absolute atomic E-state index is 0.239. The van der Waals surface area contributed by atoms with Crippen LogP contribution in [-0.2, 0) is 18.9 Å². The van der Waals surface area contributed by atoms with Crippen molar-refractivity contribution in [3.05, 3.63) is 11.5 Å². The fourth-order valence-corrected chi connectivity index (χ4v) is 1.57. The first kappa shape index (κ1) is 11.4. The Kier molecular flexibility index (Phi) is 2.26. The van der Waals surface area contributed by atoms with Gasteiger partial charge in [-0.25, -0.2) is 0 Å². The van der Waals surface area contributed by atoms with Crippen LogP contribution in [0.2, 0.25) is 0 Å². The predicted molar refractivity (Wildman–Crippen MR) is 57.3 cm³/mol. The lowest BCUT2D eigenvalue weighted by molar-refractivity contribution is -0.123. The molecule has 16 heavy (non-hydrogen) atoms. The van der Waals surface area contributed by atoms with Gasteiger partial charge in [-0.15, -0.1) is 0 Å². The highest BCUT2D eigenvalue weighted by atomic mass is 16.7. The van der Waals surface area contributed by atoms with E-state index in [0.717, 1.165) is 0 Å².